The van der Waals surface area contributed by atoms with Crippen LogP contribution < -0.4 is 4.74 Å². The van der Waals surface area contributed by atoms with Crippen LogP contribution in [0.1, 0.15) is 31.2 Å². The van der Waals surface area contributed by atoms with Gasteiger partial charge in [0, 0.05) is 18.6 Å². The summed E-state index contributed by atoms with van der Waals surface area (Å²) < 4.78 is 18.7. The predicted octanol–water partition coefficient (Wildman–Crippen LogP) is 2.46. The number of halogens is 1. The molecule has 2 fully saturated rings. The second-order valence-corrected chi connectivity index (χ2v) is 6.63. The Morgan fingerprint density at radius 1 is 1.26 bits per heavy atom. The van der Waals surface area contributed by atoms with E-state index in [2.05, 4.69) is 11.9 Å². The molecule has 4 nitrogen and oxygen atoms in total. The summed E-state index contributed by atoms with van der Waals surface area (Å²) in [5.41, 5.74) is 0.707. The van der Waals surface area contributed by atoms with Crippen molar-refractivity contribution in [1.82, 2.24) is 9.80 Å². The number of hydrogen-bond donors (Lipinski definition) is 0. The highest BCUT2D eigenvalue weighted by atomic mass is 19.1. The van der Waals surface area contributed by atoms with Gasteiger partial charge < -0.3 is 14.5 Å². The summed E-state index contributed by atoms with van der Waals surface area (Å²) in [6.45, 7) is 1.94. The van der Waals surface area contributed by atoms with Crippen molar-refractivity contribution in [2.45, 2.75) is 44.2 Å². The number of carbonyl (C=O) groups excluding carboxylic acids is 1. The van der Waals surface area contributed by atoms with Crippen LogP contribution in [0.2, 0.25) is 0 Å². The van der Waals surface area contributed by atoms with E-state index in [0.29, 0.717) is 17.6 Å². The summed E-state index contributed by atoms with van der Waals surface area (Å²) in [6, 6.07) is 5.56. The first kappa shape index (κ1) is 16.2. The fourth-order valence-corrected chi connectivity index (χ4v) is 4.02. The van der Waals surface area contributed by atoms with E-state index in [1.165, 1.54) is 26.0 Å². The fraction of sp³-hybridized carbons (Fsp3) is 0.611. The monoisotopic (exact) mass is 320 g/mol. The molecule has 2 aliphatic heterocycles. The van der Waals surface area contributed by atoms with Crippen LogP contribution in [0.25, 0.3) is 0 Å². The molecule has 0 saturated carbocycles. The highest BCUT2D eigenvalue weighted by Crippen LogP contribution is 2.29. The average molecular weight is 320 g/mol. The number of ether oxygens (including phenoxy) is 1. The van der Waals surface area contributed by atoms with Crippen molar-refractivity contribution in [1.29, 1.82) is 0 Å². The zero-order chi connectivity index (χ0) is 16.4. The van der Waals surface area contributed by atoms with Crippen molar-refractivity contribution in [2.75, 3.05) is 27.2 Å². The van der Waals surface area contributed by atoms with Gasteiger partial charge in [0.25, 0.3) is 0 Å². The molecule has 1 aromatic rings. The van der Waals surface area contributed by atoms with E-state index < -0.39 is 5.82 Å². The normalized spacial score (nSPS) is 25.1. The predicted molar refractivity (Wildman–Crippen MR) is 87.0 cm³/mol. The third kappa shape index (κ3) is 3.34. The lowest BCUT2D eigenvalue weighted by atomic mass is 10.0. The molecule has 0 N–H and O–H groups in total. The number of likely N-dealkylation sites (N-methyl/N-ethyl adjacent to an activating group) is 1. The lowest BCUT2D eigenvalue weighted by Crippen LogP contribution is -2.47. The van der Waals surface area contributed by atoms with Gasteiger partial charge in [0.1, 0.15) is 0 Å². The Kier molecular flexibility index (Phi) is 4.85. The minimum absolute atomic E-state index is 0.109. The molecular weight excluding hydrogens is 295 g/mol. The summed E-state index contributed by atoms with van der Waals surface area (Å²) in [4.78, 5) is 17.1. The van der Waals surface area contributed by atoms with E-state index in [4.69, 9.17) is 4.74 Å². The number of amides is 1. The van der Waals surface area contributed by atoms with Crippen molar-refractivity contribution in [3.05, 3.63) is 29.6 Å². The maximum absolute atomic E-state index is 13.8. The van der Waals surface area contributed by atoms with Gasteiger partial charge in [0.15, 0.2) is 11.6 Å². The number of hydrogen-bond acceptors (Lipinski definition) is 3. The Morgan fingerprint density at radius 2 is 2.00 bits per heavy atom. The quantitative estimate of drug-likeness (QED) is 0.854. The molecule has 0 radical (unpaired) electrons. The highest BCUT2D eigenvalue weighted by Gasteiger charge is 2.38. The second-order valence-electron chi connectivity index (χ2n) is 6.63. The first-order valence-electron chi connectivity index (χ1n) is 8.42. The van der Waals surface area contributed by atoms with Gasteiger partial charge >= 0.3 is 0 Å². The maximum atomic E-state index is 13.8. The van der Waals surface area contributed by atoms with Crippen molar-refractivity contribution >= 4 is 5.91 Å². The number of likely N-dealkylation sites (tertiary alicyclic amines) is 2. The number of carbonyl (C=O) groups is 1. The summed E-state index contributed by atoms with van der Waals surface area (Å²) in [6.07, 6.45) is 4.79. The molecule has 5 heteroatoms. The second kappa shape index (κ2) is 6.87. The number of rotatable bonds is 4. The molecule has 2 saturated heterocycles. The minimum Gasteiger partial charge on any atom is -0.494 e. The van der Waals surface area contributed by atoms with E-state index in [1.807, 2.05) is 4.90 Å². The van der Waals surface area contributed by atoms with E-state index in [0.717, 1.165) is 25.9 Å². The molecule has 2 heterocycles. The van der Waals surface area contributed by atoms with Gasteiger partial charge in [0.2, 0.25) is 5.91 Å². The lowest BCUT2D eigenvalue weighted by Gasteiger charge is -2.33. The van der Waals surface area contributed by atoms with Gasteiger partial charge in [-0.2, -0.15) is 0 Å². The molecule has 0 bridgehead atoms. The molecule has 0 spiro atoms. The van der Waals surface area contributed by atoms with Crippen LogP contribution in [0.4, 0.5) is 4.39 Å². The molecule has 0 aliphatic carbocycles. The molecule has 1 amide bonds. The summed E-state index contributed by atoms with van der Waals surface area (Å²) in [5.74, 6) is -0.0866. The summed E-state index contributed by atoms with van der Waals surface area (Å²) in [5, 5.41) is 0. The molecule has 1 aromatic carbocycles. The van der Waals surface area contributed by atoms with Crippen LogP contribution in [0.3, 0.4) is 0 Å². The number of methoxy groups -OCH3 is 1. The maximum Gasteiger partial charge on any atom is 0.227 e. The third-order valence-corrected chi connectivity index (χ3v) is 5.21. The zero-order valence-electron chi connectivity index (χ0n) is 13.9. The zero-order valence-corrected chi connectivity index (χ0v) is 13.9. The molecule has 3 rings (SSSR count). The largest absolute Gasteiger partial charge is 0.494 e. The van der Waals surface area contributed by atoms with Crippen LogP contribution >= 0.6 is 0 Å². The van der Waals surface area contributed by atoms with Gasteiger partial charge in [0.05, 0.1) is 13.5 Å². The van der Waals surface area contributed by atoms with Gasteiger partial charge in [-0.3, -0.25) is 4.79 Å². The Hall–Kier alpha value is -1.62. The summed E-state index contributed by atoms with van der Waals surface area (Å²) in [7, 11) is 3.59. The molecule has 0 unspecified atom stereocenters. The van der Waals surface area contributed by atoms with Crippen LogP contribution in [-0.4, -0.2) is 55.0 Å². The van der Waals surface area contributed by atoms with Crippen molar-refractivity contribution in [3.8, 4) is 5.75 Å². The van der Waals surface area contributed by atoms with Crippen LogP contribution in [0.15, 0.2) is 18.2 Å². The molecular formula is C18H25FN2O2. The molecule has 2 aliphatic rings. The highest BCUT2D eigenvalue weighted by molar-refractivity contribution is 5.79. The lowest BCUT2D eigenvalue weighted by molar-refractivity contribution is -0.132. The fourth-order valence-electron chi connectivity index (χ4n) is 4.02. The Bertz CT molecular complexity index is 578. The first-order chi connectivity index (χ1) is 11.1. The van der Waals surface area contributed by atoms with Gasteiger partial charge in [-0.25, -0.2) is 4.39 Å². The minimum atomic E-state index is -0.411. The topological polar surface area (TPSA) is 32.8 Å². The van der Waals surface area contributed by atoms with Crippen LogP contribution in [0, 0.1) is 5.82 Å². The Morgan fingerprint density at radius 3 is 2.65 bits per heavy atom. The van der Waals surface area contributed by atoms with Crippen LogP contribution in [0.5, 0.6) is 5.75 Å². The standard InChI is InChI=1S/C18H25FN2O2/c1-20-9-3-5-15(20)16-6-4-10-21(16)18(22)12-13-7-8-17(23-2)14(19)11-13/h7-8,11,15-16H,3-6,9-10,12H2,1-2H3/t15-,16-/m1/s1. The van der Waals surface area contributed by atoms with Gasteiger partial charge in [-0.1, -0.05) is 6.07 Å². The Labute approximate surface area is 137 Å². The van der Waals surface area contributed by atoms with Crippen molar-refractivity contribution in [2.24, 2.45) is 0 Å². The molecule has 2 atom stereocenters. The van der Waals surface area contributed by atoms with Crippen molar-refractivity contribution in [3.63, 3.8) is 0 Å². The smallest absolute Gasteiger partial charge is 0.227 e. The molecule has 126 valence electrons. The van der Waals surface area contributed by atoms with Crippen molar-refractivity contribution < 1.29 is 13.9 Å². The van der Waals surface area contributed by atoms with E-state index in [9.17, 15) is 9.18 Å². The Balaban J connectivity index is 1.68. The third-order valence-electron chi connectivity index (χ3n) is 5.21. The van der Waals surface area contributed by atoms with Gasteiger partial charge in [-0.05, 0) is 57.0 Å². The van der Waals surface area contributed by atoms with E-state index in [1.54, 1.807) is 12.1 Å². The first-order valence-corrected chi connectivity index (χ1v) is 8.42. The van der Waals surface area contributed by atoms with Gasteiger partial charge in [-0.15, -0.1) is 0 Å². The van der Waals surface area contributed by atoms with Crippen LogP contribution in [-0.2, 0) is 11.2 Å². The van der Waals surface area contributed by atoms with E-state index in [-0.39, 0.29) is 18.1 Å². The summed E-state index contributed by atoms with van der Waals surface area (Å²) >= 11 is 0. The molecule has 23 heavy (non-hydrogen) atoms. The molecule has 0 aromatic heterocycles. The SMILES string of the molecule is COc1ccc(CC(=O)N2CCC[C@@H]2[C@H]2CCCN2C)cc1F. The number of benzene rings is 1. The van der Waals surface area contributed by atoms with E-state index >= 15 is 0 Å². The number of nitrogens with zero attached hydrogens (tertiary/aromatic N) is 2. The average Bonchev–Trinajstić information content (AvgIpc) is 3.15.